The first-order valence-electron chi connectivity index (χ1n) is 11.5. The Labute approximate surface area is 174 Å². The van der Waals surface area contributed by atoms with Crippen LogP contribution in [0, 0.1) is 17.6 Å². The summed E-state index contributed by atoms with van der Waals surface area (Å²) >= 11 is 0. The zero-order valence-electron chi connectivity index (χ0n) is 17.9. The van der Waals surface area contributed by atoms with Crippen LogP contribution in [0.4, 0.5) is 8.78 Å². The lowest BCUT2D eigenvalue weighted by Gasteiger charge is -2.32. The third-order valence-corrected chi connectivity index (χ3v) is 6.47. The fourth-order valence-electron chi connectivity index (χ4n) is 4.45. The maximum atomic E-state index is 14.6. The third-order valence-electron chi connectivity index (χ3n) is 6.47. The highest BCUT2D eigenvalue weighted by Gasteiger charge is 2.28. The summed E-state index contributed by atoms with van der Waals surface area (Å²) < 4.78 is 46.3. The van der Waals surface area contributed by atoms with E-state index in [1.807, 2.05) is 6.92 Å². The number of halogens is 2. The summed E-state index contributed by atoms with van der Waals surface area (Å²) in [7, 11) is 0. The first-order valence-corrected chi connectivity index (χ1v) is 11.5. The van der Waals surface area contributed by atoms with Gasteiger partial charge in [0.25, 0.3) is 0 Å². The van der Waals surface area contributed by atoms with Crippen molar-refractivity contribution in [2.45, 2.75) is 89.8 Å². The summed E-state index contributed by atoms with van der Waals surface area (Å²) in [4.78, 5) is 0. The van der Waals surface area contributed by atoms with Crippen LogP contribution in [0.3, 0.4) is 0 Å². The molecule has 1 aromatic rings. The quantitative estimate of drug-likeness (QED) is 0.441. The molecule has 3 rings (SSSR count). The molecule has 2 atom stereocenters. The van der Waals surface area contributed by atoms with E-state index in [1.165, 1.54) is 0 Å². The zero-order chi connectivity index (χ0) is 20.6. The molecule has 2 aliphatic rings. The number of benzene rings is 1. The second kappa shape index (κ2) is 11.3. The zero-order valence-corrected chi connectivity index (χ0v) is 17.9. The molecule has 0 aromatic heterocycles. The second-order valence-electron chi connectivity index (χ2n) is 8.60. The van der Waals surface area contributed by atoms with Crippen molar-refractivity contribution in [2.75, 3.05) is 19.8 Å². The molecule has 29 heavy (non-hydrogen) atoms. The molecule has 1 saturated heterocycles. The van der Waals surface area contributed by atoms with Gasteiger partial charge in [-0.05, 0) is 74.8 Å². The largest absolute Gasteiger partial charge is 0.490 e. The van der Waals surface area contributed by atoms with E-state index >= 15 is 0 Å². The first-order chi connectivity index (χ1) is 14.1. The summed E-state index contributed by atoms with van der Waals surface area (Å²) in [5.41, 5.74) is 0.496. The van der Waals surface area contributed by atoms with Crippen LogP contribution in [0.2, 0.25) is 0 Å². The molecular formula is C24H36F2O3. The van der Waals surface area contributed by atoms with Crippen molar-refractivity contribution < 1.29 is 23.0 Å². The fraction of sp³-hybridized carbons (Fsp3) is 0.750. The van der Waals surface area contributed by atoms with Crippen LogP contribution in [0.15, 0.2) is 12.1 Å². The Bertz CT molecular complexity index is 621. The maximum Gasteiger partial charge on any atom is 0.200 e. The highest BCUT2D eigenvalue weighted by atomic mass is 19.2. The molecule has 0 radical (unpaired) electrons. The van der Waals surface area contributed by atoms with Gasteiger partial charge in [0.15, 0.2) is 11.6 Å². The highest BCUT2D eigenvalue weighted by Crippen LogP contribution is 2.39. The molecule has 5 heteroatoms. The van der Waals surface area contributed by atoms with Gasteiger partial charge >= 0.3 is 0 Å². The molecule has 164 valence electrons. The van der Waals surface area contributed by atoms with Crippen LogP contribution >= 0.6 is 0 Å². The van der Waals surface area contributed by atoms with Crippen LogP contribution in [-0.4, -0.2) is 32.0 Å². The average Bonchev–Trinajstić information content (AvgIpc) is 2.76. The van der Waals surface area contributed by atoms with E-state index in [-0.39, 0.29) is 17.8 Å². The smallest absolute Gasteiger partial charge is 0.200 e. The van der Waals surface area contributed by atoms with Crippen molar-refractivity contribution in [2.24, 2.45) is 5.92 Å². The van der Waals surface area contributed by atoms with Gasteiger partial charge in [-0.2, -0.15) is 4.39 Å². The molecular weight excluding hydrogens is 374 g/mol. The minimum Gasteiger partial charge on any atom is -0.490 e. The maximum absolute atomic E-state index is 14.6. The summed E-state index contributed by atoms with van der Waals surface area (Å²) in [6, 6.07) is 3.30. The van der Waals surface area contributed by atoms with Crippen molar-refractivity contribution in [3.63, 3.8) is 0 Å². The van der Waals surface area contributed by atoms with Crippen LogP contribution in [0.5, 0.6) is 5.75 Å². The van der Waals surface area contributed by atoms with Gasteiger partial charge in [0.1, 0.15) is 0 Å². The van der Waals surface area contributed by atoms with Gasteiger partial charge < -0.3 is 14.2 Å². The molecule has 1 heterocycles. The lowest BCUT2D eigenvalue weighted by Crippen LogP contribution is -2.32. The van der Waals surface area contributed by atoms with Crippen molar-refractivity contribution in [3.8, 4) is 5.75 Å². The van der Waals surface area contributed by atoms with Gasteiger partial charge in [-0.1, -0.05) is 26.3 Å². The van der Waals surface area contributed by atoms with Crippen molar-refractivity contribution >= 4 is 0 Å². The Balaban J connectivity index is 1.45. The van der Waals surface area contributed by atoms with E-state index in [0.29, 0.717) is 30.8 Å². The van der Waals surface area contributed by atoms with Gasteiger partial charge in [-0.3, -0.25) is 0 Å². The van der Waals surface area contributed by atoms with Gasteiger partial charge in [0, 0.05) is 6.61 Å². The van der Waals surface area contributed by atoms with E-state index in [0.717, 1.165) is 64.4 Å². The second-order valence-corrected chi connectivity index (χ2v) is 8.60. The predicted octanol–water partition coefficient (Wildman–Crippen LogP) is 6.39. The van der Waals surface area contributed by atoms with Gasteiger partial charge in [0.05, 0.1) is 25.4 Å². The minimum atomic E-state index is -0.841. The van der Waals surface area contributed by atoms with Crippen LogP contribution in [0.25, 0.3) is 0 Å². The summed E-state index contributed by atoms with van der Waals surface area (Å²) in [5.74, 6) is -0.967. The number of rotatable bonds is 9. The Morgan fingerprint density at radius 1 is 1.00 bits per heavy atom. The third kappa shape index (κ3) is 6.14. The lowest BCUT2D eigenvalue weighted by atomic mass is 9.78. The average molecular weight is 411 g/mol. The van der Waals surface area contributed by atoms with Gasteiger partial charge in [0.2, 0.25) is 5.82 Å². The number of hydrogen-bond donors (Lipinski definition) is 0. The normalized spacial score (nSPS) is 27.7. The van der Waals surface area contributed by atoms with E-state index in [2.05, 4.69) is 6.92 Å². The molecule has 2 fully saturated rings. The lowest BCUT2D eigenvalue weighted by molar-refractivity contribution is -0.0945. The van der Waals surface area contributed by atoms with E-state index in [4.69, 9.17) is 14.2 Å². The fourth-order valence-corrected chi connectivity index (χ4v) is 4.45. The minimum absolute atomic E-state index is 0.0294. The van der Waals surface area contributed by atoms with Crippen LogP contribution in [-0.2, 0) is 9.47 Å². The Morgan fingerprint density at radius 3 is 2.45 bits per heavy atom. The monoisotopic (exact) mass is 410 g/mol. The molecule has 1 aliphatic heterocycles. The van der Waals surface area contributed by atoms with Crippen LogP contribution < -0.4 is 4.74 Å². The van der Waals surface area contributed by atoms with Crippen molar-refractivity contribution in [1.29, 1.82) is 0 Å². The Kier molecular flexibility index (Phi) is 8.73. The Hall–Kier alpha value is -1.20. The molecule has 0 spiro atoms. The van der Waals surface area contributed by atoms with Crippen molar-refractivity contribution in [1.82, 2.24) is 0 Å². The van der Waals surface area contributed by atoms with Crippen LogP contribution in [0.1, 0.15) is 83.1 Å². The SMILES string of the molecule is CCCCOc1ccc(C2CCC(COC3CCC(CC)OC3)CC2)c(F)c1F. The summed E-state index contributed by atoms with van der Waals surface area (Å²) in [6.07, 6.45) is 9.35. The number of ether oxygens (including phenoxy) is 3. The molecule has 2 unspecified atom stereocenters. The number of hydrogen-bond acceptors (Lipinski definition) is 3. The first kappa shape index (κ1) is 22.5. The molecule has 1 aromatic carbocycles. The molecule has 0 amide bonds. The molecule has 1 aliphatic carbocycles. The standard InChI is InChI=1S/C24H36F2O3/c1-3-5-14-27-22-13-12-21(23(25)24(22)26)18-8-6-17(7-9-18)15-28-20-11-10-19(4-2)29-16-20/h12-13,17-20H,3-11,14-16H2,1-2H3. The molecule has 3 nitrogen and oxygen atoms in total. The van der Waals surface area contributed by atoms with E-state index < -0.39 is 11.6 Å². The molecule has 0 bridgehead atoms. The van der Waals surface area contributed by atoms with Gasteiger partial charge in [-0.15, -0.1) is 0 Å². The summed E-state index contributed by atoms with van der Waals surface area (Å²) in [6.45, 7) is 6.06. The highest BCUT2D eigenvalue weighted by molar-refractivity contribution is 5.33. The summed E-state index contributed by atoms with van der Waals surface area (Å²) in [5, 5.41) is 0. The molecule has 0 N–H and O–H groups in total. The topological polar surface area (TPSA) is 27.7 Å². The van der Waals surface area contributed by atoms with Gasteiger partial charge in [-0.25, -0.2) is 4.39 Å². The number of unbranched alkanes of at least 4 members (excludes halogenated alkanes) is 1. The predicted molar refractivity (Wildman–Crippen MR) is 110 cm³/mol. The van der Waals surface area contributed by atoms with E-state index in [9.17, 15) is 8.78 Å². The van der Waals surface area contributed by atoms with E-state index in [1.54, 1.807) is 12.1 Å². The van der Waals surface area contributed by atoms with Crippen molar-refractivity contribution in [3.05, 3.63) is 29.3 Å². The Morgan fingerprint density at radius 2 is 1.79 bits per heavy atom. The molecule has 1 saturated carbocycles.